The number of methoxy groups -OCH3 is 1. The fourth-order valence-electron chi connectivity index (χ4n) is 2.75. The molecule has 0 aliphatic heterocycles. The Morgan fingerprint density at radius 1 is 1.14 bits per heavy atom. The molecule has 3 rings (SSSR count). The molecule has 2 N–H and O–H groups in total. The maximum atomic E-state index is 5.27. The number of hydrogen-bond donors (Lipinski definition) is 2. The van der Waals surface area contributed by atoms with Crippen LogP contribution < -0.4 is 15.4 Å². The molecule has 0 saturated heterocycles. The number of aryl methyl sites for hydroxylation is 1. The van der Waals surface area contributed by atoms with Crippen molar-refractivity contribution in [3.8, 4) is 11.6 Å². The number of pyridine rings is 1. The van der Waals surface area contributed by atoms with Gasteiger partial charge in [0.2, 0.25) is 0 Å². The number of hydrogen-bond acceptors (Lipinski definition) is 4. The maximum Gasteiger partial charge on any atom is 0.191 e. The van der Waals surface area contributed by atoms with Gasteiger partial charge in [-0.2, -0.15) is 0 Å². The number of benzene rings is 1. The van der Waals surface area contributed by atoms with E-state index in [0.29, 0.717) is 13.1 Å². The molecule has 154 valence electrons. The molecular weight excluding hydrogens is 479 g/mol. The summed E-state index contributed by atoms with van der Waals surface area (Å²) in [6.45, 7) is 6.01. The van der Waals surface area contributed by atoms with E-state index in [4.69, 9.17) is 4.74 Å². The van der Waals surface area contributed by atoms with Crippen LogP contribution in [0.1, 0.15) is 23.9 Å². The molecule has 0 atom stereocenters. The lowest BCUT2D eigenvalue weighted by molar-refractivity contribution is 0.414. The van der Waals surface area contributed by atoms with Crippen LogP contribution in [0.4, 0.5) is 0 Å². The zero-order chi connectivity index (χ0) is 19.8. The topological polar surface area (TPSA) is 76.4 Å². The second-order valence-corrected chi connectivity index (χ2v) is 6.27. The third kappa shape index (κ3) is 6.45. The highest BCUT2D eigenvalue weighted by Gasteiger charge is 2.03. The van der Waals surface area contributed by atoms with E-state index in [0.717, 1.165) is 41.0 Å². The van der Waals surface area contributed by atoms with Crippen LogP contribution in [0, 0.1) is 6.92 Å². The number of nitrogens with zero attached hydrogens (tertiary/aromatic N) is 4. The molecule has 7 nitrogen and oxygen atoms in total. The lowest BCUT2D eigenvalue weighted by Gasteiger charge is -2.12. The zero-order valence-electron chi connectivity index (χ0n) is 16.9. The molecule has 0 bridgehead atoms. The van der Waals surface area contributed by atoms with Crippen LogP contribution >= 0.6 is 24.0 Å². The van der Waals surface area contributed by atoms with Gasteiger partial charge < -0.3 is 15.4 Å². The number of aromatic nitrogens is 3. The molecule has 3 aromatic rings. The molecule has 0 aliphatic rings. The normalized spacial score (nSPS) is 10.9. The van der Waals surface area contributed by atoms with Gasteiger partial charge in [0, 0.05) is 31.7 Å². The van der Waals surface area contributed by atoms with Crippen LogP contribution in [0.5, 0.6) is 5.75 Å². The summed E-state index contributed by atoms with van der Waals surface area (Å²) < 4.78 is 7.22. The fourth-order valence-corrected chi connectivity index (χ4v) is 2.75. The Labute approximate surface area is 188 Å². The van der Waals surface area contributed by atoms with Crippen molar-refractivity contribution in [2.24, 2.45) is 4.99 Å². The smallest absolute Gasteiger partial charge is 0.191 e. The molecule has 0 aliphatic carbocycles. The fraction of sp³-hybridized carbons (Fsp3) is 0.286. The molecule has 2 heterocycles. The van der Waals surface area contributed by atoms with E-state index in [-0.39, 0.29) is 24.0 Å². The molecule has 0 radical (unpaired) electrons. The Hall–Kier alpha value is -2.62. The summed E-state index contributed by atoms with van der Waals surface area (Å²) in [5.41, 5.74) is 2.17. The van der Waals surface area contributed by atoms with Gasteiger partial charge >= 0.3 is 0 Å². The summed E-state index contributed by atoms with van der Waals surface area (Å²) in [5, 5.41) is 6.62. The minimum absolute atomic E-state index is 0. The molecule has 2 aromatic heterocycles. The largest absolute Gasteiger partial charge is 0.497 e. The molecule has 0 unspecified atom stereocenters. The number of halogens is 1. The number of nitrogens with one attached hydrogen (secondary N) is 2. The average Bonchev–Trinajstić information content (AvgIpc) is 3.16. The second kappa shape index (κ2) is 11.4. The summed E-state index contributed by atoms with van der Waals surface area (Å²) in [5.74, 6) is 3.38. The molecule has 0 saturated carbocycles. The van der Waals surface area contributed by atoms with Gasteiger partial charge in [0.25, 0.3) is 0 Å². The van der Waals surface area contributed by atoms with E-state index in [9.17, 15) is 0 Å². The summed E-state index contributed by atoms with van der Waals surface area (Å²) in [6.07, 6.45) is 5.52. The minimum atomic E-state index is 0. The summed E-state index contributed by atoms with van der Waals surface area (Å²) >= 11 is 0. The van der Waals surface area contributed by atoms with Gasteiger partial charge in [-0.25, -0.2) is 15.0 Å². The second-order valence-electron chi connectivity index (χ2n) is 6.27. The first-order chi connectivity index (χ1) is 13.7. The van der Waals surface area contributed by atoms with Crippen LogP contribution in [0.15, 0.2) is 60.0 Å². The van der Waals surface area contributed by atoms with Crippen LogP contribution in [-0.4, -0.2) is 34.1 Å². The lowest BCUT2D eigenvalue weighted by atomic mass is 10.2. The molecule has 0 fully saturated rings. The van der Waals surface area contributed by atoms with Gasteiger partial charge in [0.05, 0.1) is 13.7 Å². The third-order valence-electron chi connectivity index (χ3n) is 4.24. The van der Waals surface area contributed by atoms with Gasteiger partial charge in [0.1, 0.15) is 17.4 Å². The summed E-state index contributed by atoms with van der Waals surface area (Å²) in [4.78, 5) is 13.4. The molecule has 8 heteroatoms. The molecule has 29 heavy (non-hydrogen) atoms. The maximum absolute atomic E-state index is 5.27. The van der Waals surface area contributed by atoms with Crippen LogP contribution in [-0.2, 0) is 13.1 Å². The predicted octanol–water partition coefficient (Wildman–Crippen LogP) is 3.46. The van der Waals surface area contributed by atoms with Crippen molar-refractivity contribution in [2.75, 3.05) is 13.7 Å². The monoisotopic (exact) mass is 506 g/mol. The van der Waals surface area contributed by atoms with E-state index in [2.05, 4.69) is 31.7 Å². The average molecular weight is 506 g/mol. The van der Waals surface area contributed by atoms with Gasteiger partial charge in [0.15, 0.2) is 5.96 Å². The Balaban J connectivity index is 0.00000300. The number of guanidine groups is 1. The van der Waals surface area contributed by atoms with Crippen molar-refractivity contribution < 1.29 is 4.74 Å². The van der Waals surface area contributed by atoms with Crippen molar-refractivity contribution in [2.45, 2.75) is 26.9 Å². The van der Waals surface area contributed by atoms with E-state index >= 15 is 0 Å². The summed E-state index contributed by atoms with van der Waals surface area (Å²) in [7, 11) is 1.67. The first-order valence-electron chi connectivity index (χ1n) is 9.30. The van der Waals surface area contributed by atoms with Gasteiger partial charge in [-0.15, -0.1) is 24.0 Å². The summed E-state index contributed by atoms with van der Waals surface area (Å²) in [6, 6.07) is 12.0. The highest BCUT2D eigenvalue weighted by atomic mass is 127. The standard InChI is InChI=1S/C21H26N6O.HI/c1-4-22-21(25-13-17-6-5-7-19(12-17)28-3)26-15-18-8-9-20(24-14-18)27-11-10-23-16(27)2;/h5-12,14H,4,13,15H2,1-3H3,(H2,22,25,26);1H. The van der Waals surface area contributed by atoms with Gasteiger partial charge in [-0.05, 0) is 43.2 Å². The van der Waals surface area contributed by atoms with Crippen molar-refractivity contribution >= 4 is 29.9 Å². The van der Waals surface area contributed by atoms with Crippen molar-refractivity contribution in [3.63, 3.8) is 0 Å². The predicted molar refractivity (Wildman–Crippen MR) is 126 cm³/mol. The number of rotatable bonds is 7. The Morgan fingerprint density at radius 3 is 2.66 bits per heavy atom. The van der Waals surface area contributed by atoms with Gasteiger partial charge in [-0.1, -0.05) is 18.2 Å². The van der Waals surface area contributed by atoms with Crippen LogP contribution in [0.25, 0.3) is 5.82 Å². The SMILES string of the molecule is CCNC(=NCc1ccc(-n2ccnc2C)nc1)NCc1cccc(OC)c1.I. The van der Waals surface area contributed by atoms with Crippen molar-refractivity contribution in [3.05, 3.63) is 71.9 Å². The first-order valence-corrected chi connectivity index (χ1v) is 9.30. The quantitative estimate of drug-likeness (QED) is 0.292. The van der Waals surface area contributed by atoms with Crippen LogP contribution in [0.3, 0.4) is 0 Å². The van der Waals surface area contributed by atoms with E-state index in [1.54, 1.807) is 13.3 Å². The number of ether oxygens (including phenoxy) is 1. The number of imidazole rings is 1. The number of aliphatic imine (C=N–C) groups is 1. The van der Waals surface area contributed by atoms with E-state index in [1.807, 2.05) is 61.1 Å². The lowest BCUT2D eigenvalue weighted by Crippen LogP contribution is -2.36. The van der Waals surface area contributed by atoms with Crippen molar-refractivity contribution in [1.82, 2.24) is 25.2 Å². The first kappa shape index (κ1) is 22.7. The molecule has 0 spiro atoms. The van der Waals surface area contributed by atoms with E-state index < -0.39 is 0 Å². The van der Waals surface area contributed by atoms with Gasteiger partial charge in [-0.3, -0.25) is 4.57 Å². The molecule has 1 aromatic carbocycles. The Morgan fingerprint density at radius 2 is 2.00 bits per heavy atom. The Bertz CT molecular complexity index is 923. The molecule has 0 amide bonds. The minimum Gasteiger partial charge on any atom is -0.497 e. The molecular formula is C21H27IN6O. The highest BCUT2D eigenvalue weighted by molar-refractivity contribution is 14.0. The highest BCUT2D eigenvalue weighted by Crippen LogP contribution is 2.12. The Kier molecular flexibility index (Phi) is 8.91. The van der Waals surface area contributed by atoms with E-state index in [1.165, 1.54) is 0 Å². The van der Waals surface area contributed by atoms with Crippen LogP contribution in [0.2, 0.25) is 0 Å². The third-order valence-corrected chi connectivity index (χ3v) is 4.24. The zero-order valence-corrected chi connectivity index (χ0v) is 19.3. The van der Waals surface area contributed by atoms with Crippen molar-refractivity contribution in [1.29, 1.82) is 0 Å².